The molecular weight excluding hydrogens is 358 g/mol. The zero-order valence-corrected chi connectivity index (χ0v) is 12.9. The number of anilines is 1. The molecule has 0 aliphatic rings. The summed E-state index contributed by atoms with van der Waals surface area (Å²) in [6.45, 7) is 1.39. The number of rotatable bonds is 5. The van der Waals surface area contributed by atoms with Crippen molar-refractivity contribution in [3.63, 3.8) is 0 Å². The molecule has 0 saturated carbocycles. The maximum atomic E-state index is 5.66. The van der Waals surface area contributed by atoms with Gasteiger partial charge in [0.15, 0.2) is 0 Å². The van der Waals surface area contributed by atoms with Gasteiger partial charge in [-0.2, -0.15) is 0 Å². The molecule has 2 rings (SSSR count). The smallest absolute Gasteiger partial charge is 0.133 e. The van der Waals surface area contributed by atoms with Gasteiger partial charge >= 0.3 is 0 Å². The first-order valence-electron chi connectivity index (χ1n) is 5.62. The Kier molecular flexibility index (Phi) is 5.08. The van der Waals surface area contributed by atoms with Crippen LogP contribution >= 0.6 is 31.9 Å². The minimum Gasteiger partial charge on any atom is -0.491 e. The van der Waals surface area contributed by atoms with E-state index in [4.69, 9.17) is 4.74 Å². The van der Waals surface area contributed by atoms with Crippen LogP contribution in [0.3, 0.4) is 0 Å². The molecule has 1 N–H and O–H groups in total. The van der Waals surface area contributed by atoms with Crippen LogP contribution in [0.2, 0.25) is 0 Å². The topological polar surface area (TPSA) is 21.3 Å². The van der Waals surface area contributed by atoms with Gasteiger partial charge in [-0.05, 0) is 52.3 Å². The molecule has 4 heteroatoms. The number of ether oxygens (including phenoxy) is 1. The molecule has 0 bridgehead atoms. The van der Waals surface area contributed by atoms with Gasteiger partial charge in [-0.1, -0.05) is 28.1 Å². The van der Waals surface area contributed by atoms with E-state index in [2.05, 4.69) is 37.2 Å². The monoisotopic (exact) mass is 369 g/mol. The largest absolute Gasteiger partial charge is 0.491 e. The summed E-state index contributed by atoms with van der Waals surface area (Å²) in [6.07, 6.45) is 0. The van der Waals surface area contributed by atoms with Crippen molar-refractivity contribution in [2.75, 3.05) is 18.5 Å². The lowest BCUT2D eigenvalue weighted by atomic mass is 10.3. The highest BCUT2D eigenvalue weighted by atomic mass is 79.9. The molecule has 0 fully saturated rings. The van der Waals surface area contributed by atoms with Crippen LogP contribution in [0.15, 0.2) is 57.5 Å². The van der Waals surface area contributed by atoms with E-state index in [1.165, 1.54) is 0 Å². The van der Waals surface area contributed by atoms with Crippen molar-refractivity contribution in [2.24, 2.45) is 0 Å². The Hall–Kier alpha value is -1.00. The molecule has 2 aromatic carbocycles. The Morgan fingerprint density at radius 2 is 1.67 bits per heavy atom. The molecule has 0 atom stereocenters. The fourth-order valence-corrected chi connectivity index (χ4v) is 2.15. The average Bonchev–Trinajstić information content (AvgIpc) is 2.39. The highest BCUT2D eigenvalue weighted by molar-refractivity contribution is 9.10. The minimum absolute atomic E-state index is 0.624. The van der Waals surface area contributed by atoms with Crippen molar-refractivity contribution in [3.05, 3.63) is 57.5 Å². The predicted molar refractivity (Wildman–Crippen MR) is 82.3 cm³/mol. The quantitative estimate of drug-likeness (QED) is 0.770. The van der Waals surface area contributed by atoms with Gasteiger partial charge in [-0.25, -0.2) is 0 Å². The normalized spacial score (nSPS) is 10.1. The van der Waals surface area contributed by atoms with E-state index in [-0.39, 0.29) is 0 Å². The van der Waals surface area contributed by atoms with Gasteiger partial charge in [-0.15, -0.1) is 0 Å². The molecule has 0 aliphatic heterocycles. The molecule has 0 amide bonds. The summed E-state index contributed by atoms with van der Waals surface area (Å²) in [5.74, 6) is 0.870. The lowest BCUT2D eigenvalue weighted by Gasteiger charge is -2.09. The number of hydrogen-bond acceptors (Lipinski definition) is 2. The van der Waals surface area contributed by atoms with E-state index >= 15 is 0 Å². The Morgan fingerprint density at radius 3 is 2.39 bits per heavy atom. The lowest BCUT2D eigenvalue weighted by molar-refractivity contribution is 0.331. The molecule has 2 nitrogen and oxygen atoms in total. The summed E-state index contributed by atoms with van der Waals surface area (Å²) in [4.78, 5) is 0. The van der Waals surface area contributed by atoms with Crippen molar-refractivity contribution in [3.8, 4) is 5.75 Å². The second-order valence-corrected chi connectivity index (χ2v) is 5.48. The minimum atomic E-state index is 0.624. The van der Waals surface area contributed by atoms with Gasteiger partial charge in [0.1, 0.15) is 12.4 Å². The first-order valence-corrected chi connectivity index (χ1v) is 7.21. The van der Waals surface area contributed by atoms with Crippen LogP contribution < -0.4 is 10.1 Å². The summed E-state index contributed by atoms with van der Waals surface area (Å²) in [5.41, 5.74) is 1.09. The fraction of sp³-hybridized carbons (Fsp3) is 0.143. The maximum absolute atomic E-state index is 5.66. The molecule has 94 valence electrons. The summed E-state index contributed by atoms with van der Waals surface area (Å²) >= 11 is 6.86. The van der Waals surface area contributed by atoms with Crippen LogP contribution in [0, 0.1) is 0 Å². The van der Waals surface area contributed by atoms with E-state index < -0.39 is 0 Å². The summed E-state index contributed by atoms with van der Waals surface area (Å²) in [5, 5.41) is 3.30. The molecular formula is C14H13Br2NO. The van der Waals surface area contributed by atoms with Crippen molar-refractivity contribution in [2.45, 2.75) is 0 Å². The Balaban J connectivity index is 1.76. The molecule has 0 saturated heterocycles. The zero-order chi connectivity index (χ0) is 12.8. The predicted octanol–water partition coefficient (Wildman–Crippen LogP) is 4.70. The second kappa shape index (κ2) is 6.81. The third kappa shape index (κ3) is 4.03. The van der Waals surface area contributed by atoms with Crippen LogP contribution in [0.5, 0.6) is 5.75 Å². The molecule has 0 heterocycles. The molecule has 0 spiro atoms. The van der Waals surface area contributed by atoms with E-state index in [1.54, 1.807) is 0 Å². The molecule has 0 unspecified atom stereocenters. The molecule has 18 heavy (non-hydrogen) atoms. The summed E-state index contributed by atoms with van der Waals surface area (Å²) < 4.78 is 7.72. The van der Waals surface area contributed by atoms with Crippen molar-refractivity contribution < 1.29 is 4.74 Å². The SMILES string of the molecule is Brc1ccc(NCCOc2ccccc2Br)cc1. The number of benzene rings is 2. The van der Waals surface area contributed by atoms with E-state index in [9.17, 15) is 0 Å². The number of hydrogen-bond donors (Lipinski definition) is 1. The van der Waals surface area contributed by atoms with Gasteiger partial charge in [0.2, 0.25) is 0 Å². The second-order valence-electron chi connectivity index (χ2n) is 3.71. The van der Waals surface area contributed by atoms with Gasteiger partial charge in [0.25, 0.3) is 0 Å². The molecule has 2 aromatic rings. The van der Waals surface area contributed by atoms with E-state index in [0.717, 1.165) is 26.9 Å². The number of halogens is 2. The lowest BCUT2D eigenvalue weighted by Crippen LogP contribution is -2.11. The summed E-state index contributed by atoms with van der Waals surface area (Å²) in [6, 6.07) is 15.9. The Morgan fingerprint density at radius 1 is 0.944 bits per heavy atom. The van der Waals surface area contributed by atoms with Gasteiger partial charge in [-0.3, -0.25) is 0 Å². The highest BCUT2D eigenvalue weighted by Crippen LogP contribution is 2.23. The van der Waals surface area contributed by atoms with Crippen LogP contribution in [0.25, 0.3) is 0 Å². The number of para-hydroxylation sites is 1. The first kappa shape index (κ1) is 13.4. The molecule has 0 radical (unpaired) electrons. The first-order chi connectivity index (χ1) is 8.75. The standard InChI is InChI=1S/C14H13Br2NO/c15-11-5-7-12(8-6-11)17-9-10-18-14-4-2-1-3-13(14)16/h1-8,17H,9-10H2. The summed E-state index contributed by atoms with van der Waals surface area (Å²) in [7, 11) is 0. The van der Waals surface area contributed by atoms with E-state index in [0.29, 0.717) is 6.61 Å². The van der Waals surface area contributed by atoms with Crippen LogP contribution in [-0.4, -0.2) is 13.2 Å². The van der Waals surface area contributed by atoms with Crippen molar-refractivity contribution >= 4 is 37.5 Å². The van der Waals surface area contributed by atoms with Gasteiger partial charge in [0, 0.05) is 16.7 Å². The Bertz CT molecular complexity index is 499. The third-order valence-corrected chi connectivity index (χ3v) is 3.55. The van der Waals surface area contributed by atoms with Gasteiger partial charge in [0.05, 0.1) is 4.47 Å². The average molecular weight is 371 g/mol. The van der Waals surface area contributed by atoms with Crippen LogP contribution in [0.1, 0.15) is 0 Å². The van der Waals surface area contributed by atoms with Crippen LogP contribution in [0.4, 0.5) is 5.69 Å². The van der Waals surface area contributed by atoms with Crippen LogP contribution in [-0.2, 0) is 0 Å². The van der Waals surface area contributed by atoms with Crippen molar-refractivity contribution in [1.82, 2.24) is 0 Å². The zero-order valence-electron chi connectivity index (χ0n) is 9.70. The maximum Gasteiger partial charge on any atom is 0.133 e. The fourth-order valence-electron chi connectivity index (χ4n) is 1.49. The highest BCUT2D eigenvalue weighted by Gasteiger charge is 1.98. The van der Waals surface area contributed by atoms with E-state index in [1.807, 2.05) is 48.5 Å². The molecule has 0 aliphatic carbocycles. The Labute approximate surface area is 124 Å². The molecule has 0 aromatic heterocycles. The van der Waals surface area contributed by atoms with Crippen molar-refractivity contribution in [1.29, 1.82) is 0 Å². The third-order valence-electron chi connectivity index (χ3n) is 2.37. The number of nitrogens with one attached hydrogen (secondary N) is 1. The van der Waals surface area contributed by atoms with Gasteiger partial charge < -0.3 is 10.1 Å².